The lowest BCUT2D eigenvalue weighted by molar-refractivity contribution is -0.113. The maximum Gasteiger partial charge on any atom is 0.234 e. The van der Waals surface area contributed by atoms with E-state index in [0.29, 0.717) is 11.3 Å². The van der Waals surface area contributed by atoms with Gasteiger partial charge in [0.2, 0.25) is 5.91 Å². The van der Waals surface area contributed by atoms with Crippen molar-refractivity contribution < 1.29 is 9.18 Å². The van der Waals surface area contributed by atoms with Crippen molar-refractivity contribution in [3.05, 3.63) is 65.3 Å². The highest BCUT2D eigenvalue weighted by atomic mass is 32.2. The first-order chi connectivity index (χ1) is 11.6. The Kier molecular flexibility index (Phi) is 5.27. The molecule has 6 heteroatoms. The van der Waals surface area contributed by atoms with Gasteiger partial charge in [0.05, 0.1) is 11.4 Å². The van der Waals surface area contributed by atoms with Crippen LogP contribution in [0.4, 0.5) is 10.1 Å². The van der Waals surface area contributed by atoms with Crippen LogP contribution in [0.1, 0.15) is 5.56 Å². The molecule has 0 aliphatic heterocycles. The normalized spacial score (nSPS) is 10.6. The Hall–Kier alpha value is -2.18. The predicted octanol–water partition coefficient (Wildman–Crippen LogP) is 4.99. The molecule has 0 atom stereocenters. The molecule has 24 heavy (non-hydrogen) atoms. The van der Waals surface area contributed by atoms with Crippen LogP contribution in [0.25, 0.3) is 11.3 Å². The summed E-state index contributed by atoms with van der Waals surface area (Å²) >= 11 is 2.91. The van der Waals surface area contributed by atoms with E-state index in [2.05, 4.69) is 10.3 Å². The summed E-state index contributed by atoms with van der Waals surface area (Å²) in [5, 5.41) is 4.78. The van der Waals surface area contributed by atoms with Gasteiger partial charge in [-0.15, -0.1) is 11.3 Å². The number of hydrogen-bond acceptors (Lipinski definition) is 4. The lowest BCUT2D eigenvalue weighted by Crippen LogP contribution is -2.14. The van der Waals surface area contributed by atoms with Crippen LogP contribution in [0.5, 0.6) is 0 Å². The minimum Gasteiger partial charge on any atom is -0.325 e. The maximum atomic E-state index is 13.1. The van der Waals surface area contributed by atoms with E-state index in [1.165, 1.54) is 35.2 Å². The fourth-order valence-corrected chi connectivity index (χ4v) is 3.78. The fraction of sp³-hybridized carbons (Fsp3) is 0.111. The van der Waals surface area contributed by atoms with Gasteiger partial charge in [0.15, 0.2) is 4.34 Å². The molecular formula is C18H15FN2OS2. The predicted molar refractivity (Wildman–Crippen MR) is 98.0 cm³/mol. The van der Waals surface area contributed by atoms with E-state index < -0.39 is 0 Å². The average Bonchev–Trinajstić information content (AvgIpc) is 3.05. The van der Waals surface area contributed by atoms with Gasteiger partial charge in [0, 0.05) is 16.6 Å². The average molecular weight is 358 g/mol. The second-order valence-electron chi connectivity index (χ2n) is 5.16. The molecule has 2 aromatic carbocycles. The van der Waals surface area contributed by atoms with Crippen molar-refractivity contribution in [3.8, 4) is 11.3 Å². The second-order valence-corrected chi connectivity index (χ2v) is 7.24. The van der Waals surface area contributed by atoms with Crippen LogP contribution >= 0.6 is 23.1 Å². The molecule has 1 heterocycles. The van der Waals surface area contributed by atoms with Crippen LogP contribution < -0.4 is 5.32 Å². The zero-order valence-electron chi connectivity index (χ0n) is 13.0. The van der Waals surface area contributed by atoms with Crippen molar-refractivity contribution in [3.63, 3.8) is 0 Å². The Morgan fingerprint density at radius 1 is 1.25 bits per heavy atom. The van der Waals surface area contributed by atoms with Gasteiger partial charge in [0.1, 0.15) is 5.82 Å². The number of benzene rings is 2. The summed E-state index contributed by atoms with van der Waals surface area (Å²) in [5.74, 6) is -0.180. The van der Waals surface area contributed by atoms with E-state index in [-0.39, 0.29) is 17.5 Å². The third kappa shape index (κ3) is 4.21. The van der Waals surface area contributed by atoms with Crippen molar-refractivity contribution >= 4 is 34.7 Å². The van der Waals surface area contributed by atoms with Crippen molar-refractivity contribution in [2.24, 2.45) is 0 Å². The van der Waals surface area contributed by atoms with Crippen molar-refractivity contribution in [1.82, 2.24) is 4.98 Å². The van der Waals surface area contributed by atoms with Crippen molar-refractivity contribution in [1.29, 1.82) is 0 Å². The van der Waals surface area contributed by atoms with Gasteiger partial charge < -0.3 is 5.32 Å². The van der Waals surface area contributed by atoms with Crippen LogP contribution in [0, 0.1) is 12.7 Å². The molecule has 3 aromatic rings. The van der Waals surface area contributed by atoms with Gasteiger partial charge in [-0.2, -0.15) is 0 Å². The first kappa shape index (κ1) is 16.7. The van der Waals surface area contributed by atoms with Crippen LogP contribution in [-0.4, -0.2) is 16.6 Å². The summed E-state index contributed by atoms with van der Waals surface area (Å²) in [7, 11) is 0. The molecule has 122 valence electrons. The Morgan fingerprint density at radius 2 is 2.04 bits per heavy atom. The van der Waals surface area contributed by atoms with Gasteiger partial charge >= 0.3 is 0 Å². The Bertz CT molecular complexity index is 849. The molecule has 1 N–H and O–H groups in total. The van der Waals surface area contributed by atoms with Crippen molar-refractivity contribution in [2.75, 3.05) is 11.1 Å². The number of anilines is 1. The summed E-state index contributed by atoms with van der Waals surface area (Å²) in [6.45, 7) is 1.76. The van der Waals surface area contributed by atoms with Crippen LogP contribution in [0.3, 0.4) is 0 Å². The third-order valence-electron chi connectivity index (χ3n) is 3.34. The van der Waals surface area contributed by atoms with Gasteiger partial charge in [0.25, 0.3) is 0 Å². The Balaban J connectivity index is 1.58. The number of aromatic nitrogens is 1. The fourth-order valence-electron chi connectivity index (χ4n) is 2.15. The number of thiazole rings is 1. The zero-order valence-corrected chi connectivity index (χ0v) is 14.6. The topological polar surface area (TPSA) is 42.0 Å². The van der Waals surface area contributed by atoms with Gasteiger partial charge in [-0.05, 0) is 30.7 Å². The molecule has 0 radical (unpaired) electrons. The maximum absolute atomic E-state index is 13.1. The van der Waals surface area contributed by atoms with E-state index in [1.807, 2.05) is 35.7 Å². The standard InChI is InChI=1S/C18H15FN2OS2/c1-12-9-14(19)7-8-15(12)20-17(22)11-24-18-21-16(10-23-18)13-5-3-2-4-6-13/h2-10H,11H2,1H3,(H,20,22). The molecule has 0 bridgehead atoms. The molecule has 3 nitrogen and oxygen atoms in total. The molecule has 0 aliphatic carbocycles. The largest absolute Gasteiger partial charge is 0.325 e. The number of hydrogen-bond donors (Lipinski definition) is 1. The number of carbonyl (C=O) groups is 1. The van der Waals surface area contributed by atoms with E-state index in [0.717, 1.165) is 15.6 Å². The minimum atomic E-state index is -0.309. The highest BCUT2D eigenvalue weighted by molar-refractivity contribution is 8.01. The van der Waals surface area contributed by atoms with Crippen LogP contribution in [-0.2, 0) is 4.79 Å². The first-order valence-electron chi connectivity index (χ1n) is 7.31. The summed E-state index contributed by atoms with van der Waals surface area (Å²) in [4.78, 5) is 16.6. The lowest BCUT2D eigenvalue weighted by Gasteiger charge is -2.07. The minimum absolute atomic E-state index is 0.133. The summed E-state index contributed by atoms with van der Waals surface area (Å²) < 4.78 is 13.9. The van der Waals surface area contributed by atoms with Gasteiger partial charge in [-0.1, -0.05) is 42.1 Å². The highest BCUT2D eigenvalue weighted by Gasteiger charge is 2.09. The number of carbonyl (C=O) groups excluding carboxylic acids is 1. The SMILES string of the molecule is Cc1cc(F)ccc1NC(=O)CSc1nc(-c2ccccc2)cs1. The Labute approximate surface area is 148 Å². The number of rotatable bonds is 5. The number of thioether (sulfide) groups is 1. The Morgan fingerprint density at radius 3 is 2.79 bits per heavy atom. The number of halogens is 1. The van der Waals surface area contributed by atoms with E-state index in [4.69, 9.17) is 0 Å². The summed E-state index contributed by atoms with van der Waals surface area (Å²) in [6.07, 6.45) is 0. The first-order valence-corrected chi connectivity index (χ1v) is 9.18. The van der Waals surface area contributed by atoms with E-state index in [9.17, 15) is 9.18 Å². The summed E-state index contributed by atoms with van der Waals surface area (Å²) in [5.41, 5.74) is 3.31. The lowest BCUT2D eigenvalue weighted by atomic mass is 10.2. The number of nitrogens with zero attached hydrogens (tertiary/aromatic N) is 1. The van der Waals surface area contributed by atoms with Gasteiger partial charge in [-0.3, -0.25) is 4.79 Å². The number of nitrogens with one attached hydrogen (secondary N) is 1. The smallest absolute Gasteiger partial charge is 0.234 e. The molecule has 0 saturated carbocycles. The quantitative estimate of drug-likeness (QED) is 0.654. The number of aryl methyl sites for hydroxylation is 1. The third-order valence-corrected chi connectivity index (χ3v) is 5.36. The molecule has 0 aliphatic rings. The molecule has 1 amide bonds. The van der Waals surface area contributed by atoms with E-state index in [1.54, 1.807) is 13.0 Å². The molecule has 0 saturated heterocycles. The molecule has 3 rings (SSSR count). The zero-order chi connectivity index (χ0) is 16.9. The summed E-state index contributed by atoms with van der Waals surface area (Å²) in [6, 6.07) is 14.2. The number of amides is 1. The highest BCUT2D eigenvalue weighted by Crippen LogP contribution is 2.28. The van der Waals surface area contributed by atoms with Gasteiger partial charge in [-0.25, -0.2) is 9.37 Å². The monoisotopic (exact) mass is 358 g/mol. The van der Waals surface area contributed by atoms with E-state index >= 15 is 0 Å². The molecule has 0 fully saturated rings. The second kappa shape index (κ2) is 7.59. The molecule has 0 unspecified atom stereocenters. The molecule has 1 aromatic heterocycles. The van der Waals surface area contributed by atoms with Crippen LogP contribution in [0.2, 0.25) is 0 Å². The van der Waals surface area contributed by atoms with Crippen molar-refractivity contribution in [2.45, 2.75) is 11.3 Å². The molecule has 0 spiro atoms. The van der Waals surface area contributed by atoms with Crippen LogP contribution in [0.15, 0.2) is 58.3 Å². The molecular weight excluding hydrogens is 343 g/mol.